The monoisotopic (exact) mass is 753 g/mol. The van der Waals surface area contributed by atoms with Gasteiger partial charge in [-0.3, -0.25) is 9.59 Å². The molecule has 0 bridgehead atoms. The number of hydrogen-bond acceptors (Lipinski definition) is 10. The van der Waals surface area contributed by atoms with Gasteiger partial charge in [0.15, 0.2) is 0 Å². The fourth-order valence-corrected chi connectivity index (χ4v) is 5.74. The zero-order valence-corrected chi connectivity index (χ0v) is 31.7. The summed E-state index contributed by atoms with van der Waals surface area (Å²) in [5, 5.41) is 10.8. The van der Waals surface area contributed by atoms with Crippen molar-refractivity contribution < 1.29 is 47.7 Å². The highest BCUT2D eigenvalue weighted by atomic mass is 16.6. The summed E-state index contributed by atoms with van der Waals surface area (Å²) in [5.41, 5.74) is 0.883. The maximum atomic E-state index is 13.9. The molecule has 0 radical (unpaired) electrons. The van der Waals surface area contributed by atoms with E-state index in [2.05, 4.69) is 21.3 Å². The predicted octanol–water partition coefficient (Wildman–Crippen LogP) is 4.72. The third-order valence-electron chi connectivity index (χ3n) is 8.43. The van der Waals surface area contributed by atoms with Gasteiger partial charge in [0.1, 0.15) is 36.9 Å². The quantitative estimate of drug-likeness (QED) is 0.0887. The third-order valence-corrected chi connectivity index (χ3v) is 8.43. The number of hydrogen-bond donors (Lipinski definition) is 4. The molecule has 54 heavy (non-hydrogen) atoms. The molecule has 2 aromatic rings. The topological polar surface area (TPSA) is 191 Å². The van der Waals surface area contributed by atoms with Crippen LogP contribution in [0.4, 0.5) is 14.4 Å². The number of esters is 1. The van der Waals surface area contributed by atoms with E-state index in [9.17, 15) is 28.8 Å². The van der Waals surface area contributed by atoms with Crippen LogP contribution in [-0.2, 0) is 46.5 Å². The molecule has 1 fully saturated rings. The smallest absolute Gasteiger partial charge is 0.408 e. The van der Waals surface area contributed by atoms with Gasteiger partial charge in [0, 0.05) is 19.6 Å². The summed E-state index contributed by atoms with van der Waals surface area (Å²) < 4.78 is 20.8. The van der Waals surface area contributed by atoms with Crippen molar-refractivity contribution in [1.82, 2.24) is 26.2 Å². The van der Waals surface area contributed by atoms with Gasteiger partial charge in [-0.1, -0.05) is 60.7 Å². The molecule has 1 saturated heterocycles. The lowest BCUT2D eigenvalue weighted by atomic mass is 10.0. The van der Waals surface area contributed by atoms with Crippen LogP contribution in [0, 0.1) is 0 Å². The largest absolute Gasteiger partial charge is 0.467 e. The van der Waals surface area contributed by atoms with Crippen LogP contribution in [0.3, 0.4) is 0 Å². The van der Waals surface area contributed by atoms with Crippen molar-refractivity contribution in [2.24, 2.45) is 0 Å². The van der Waals surface area contributed by atoms with Crippen molar-refractivity contribution in [3.63, 3.8) is 0 Å². The minimum absolute atomic E-state index is 0.128. The number of nitrogens with zero attached hydrogens (tertiary/aromatic N) is 1. The summed E-state index contributed by atoms with van der Waals surface area (Å²) in [5.74, 6) is -1.59. The van der Waals surface area contributed by atoms with Crippen LogP contribution in [0.15, 0.2) is 60.7 Å². The number of benzene rings is 2. The number of likely N-dealkylation sites (tertiary alicyclic amines) is 1. The van der Waals surface area contributed by atoms with Crippen LogP contribution < -0.4 is 21.3 Å². The van der Waals surface area contributed by atoms with E-state index < -0.39 is 59.8 Å². The normalized spacial score (nSPS) is 14.9. The van der Waals surface area contributed by atoms with Gasteiger partial charge in [0.2, 0.25) is 11.8 Å². The number of methoxy groups -OCH3 is 1. The number of carbonyl (C=O) groups excluding carboxylic acids is 6. The molecule has 1 heterocycles. The molecule has 3 rings (SSSR count). The van der Waals surface area contributed by atoms with E-state index in [4.69, 9.17) is 18.9 Å². The molecule has 15 nitrogen and oxygen atoms in total. The van der Waals surface area contributed by atoms with Crippen LogP contribution >= 0.6 is 0 Å². The fraction of sp³-hybridized carbons (Fsp3) is 0.538. The molecular formula is C39H55N5O10. The lowest BCUT2D eigenvalue weighted by Gasteiger charge is -2.29. The Morgan fingerprint density at radius 1 is 0.722 bits per heavy atom. The van der Waals surface area contributed by atoms with E-state index in [1.807, 2.05) is 60.7 Å². The Bertz CT molecular complexity index is 1500. The Morgan fingerprint density at radius 2 is 1.24 bits per heavy atom. The van der Waals surface area contributed by atoms with E-state index in [-0.39, 0.29) is 39.1 Å². The molecule has 15 heteroatoms. The molecule has 5 amide bonds. The van der Waals surface area contributed by atoms with E-state index in [0.29, 0.717) is 45.1 Å². The highest BCUT2D eigenvalue weighted by Crippen LogP contribution is 2.21. The van der Waals surface area contributed by atoms with Crippen molar-refractivity contribution in [1.29, 1.82) is 0 Å². The Balaban J connectivity index is 1.59. The Labute approximate surface area is 317 Å². The second kappa shape index (κ2) is 22.7. The summed E-state index contributed by atoms with van der Waals surface area (Å²) in [6.45, 7) is 6.22. The van der Waals surface area contributed by atoms with Gasteiger partial charge in [0.25, 0.3) is 0 Å². The Morgan fingerprint density at radius 3 is 1.74 bits per heavy atom. The van der Waals surface area contributed by atoms with Crippen LogP contribution in [0.2, 0.25) is 0 Å². The Hall–Kier alpha value is -5.34. The molecule has 0 spiro atoms. The molecular weight excluding hydrogens is 698 g/mol. The van der Waals surface area contributed by atoms with Crippen molar-refractivity contribution in [3.05, 3.63) is 71.8 Å². The maximum absolute atomic E-state index is 13.9. The summed E-state index contributed by atoms with van der Waals surface area (Å²) in [6, 6.07) is 15.7. The molecule has 3 atom stereocenters. The first-order valence-corrected chi connectivity index (χ1v) is 18.4. The summed E-state index contributed by atoms with van der Waals surface area (Å²) in [4.78, 5) is 78.7. The lowest BCUT2D eigenvalue weighted by Crippen LogP contribution is -2.56. The molecule has 1 aliphatic rings. The third kappa shape index (κ3) is 16.1. The standard InChI is InChI=1S/C39H55N5O10/c1-39(2,3)54-38(50)43-30(20-11-13-23-40-36(48)52-26-28-16-7-5-8-17-28)33(45)42-31(34(46)44-25-15-22-32(44)35(47)51-4)21-12-14-24-41-37(49)53-27-29-18-9-6-10-19-29/h5-10,16-19,30-32H,11-15,20-27H2,1-4H3,(H,40,48)(H,41,49)(H,42,45)(H,43,50)/t30-,31-,32-/m0/s1. The highest BCUT2D eigenvalue weighted by molar-refractivity contribution is 5.93. The number of unbranched alkanes of at least 4 members (excludes halogenated alkanes) is 2. The zero-order valence-electron chi connectivity index (χ0n) is 31.7. The van der Waals surface area contributed by atoms with E-state index in [1.165, 1.54) is 12.0 Å². The van der Waals surface area contributed by atoms with Gasteiger partial charge in [-0.2, -0.15) is 0 Å². The average Bonchev–Trinajstić information content (AvgIpc) is 3.65. The van der Waals surface area contributed by atoms with E-state index >= 15 is 0 Å². The second-order valence-electron chi connectivity index (χ2n) is 13.9. The first kappa shape index (κ1) is 43.1. The predicted molar refractivity (Wildman–Crippen MR) is 199 cm³/mol. The van der Waals surface area contributed by atoms with Gasteiger partial charge in [0.05, 0.1) is 7.11 Å². The highest BCUT2D eigenvalue weighted by Gasteiger charge is 2.39. The second-order valence-corrected chi connectivity index (χ2v) is 13.9. The molecule has 2 aromatic carbocycles. The van der Waals surface area contributed by atoms with Gasteiger partial charge in [-0.15, -0.1) is 0 Å². The average molecular weight is 754 g/mol. The van der Waals surface area contributed by atoms with Crippen molar-refractivity contribution in [2.45, 2.75) is 109 Å². The Kier molecular flexibility index (Phi) is 18.1. The molecule has 0 saturated carbocycles. The number of alkyl carbamates (subject to hydrolysis) is 3. The number of rotatable bonds is 19. The zero-order chi connectivity index (χ0) is 39.3. The molecule has 1 aliphatic heterocycles. The number of carbonyl (C=O) groups is 6. The van der Waals surface area contributed by atoms with Crippen LogP contribution in [0.25, 0.3) is 0 Å². The minimum atomic E-state index is -1.07. The number of nitrogens with one attached hydrogen (secondary N) is 4. The van der Waals surface area contributed by atoms with Crippen molar-refractivity contribution in [2.75, 3.05) is 26.7 Å². The fourth-order valence-electron chi connectivity index (χ4n) is 5.74. The minimum Gasteiger partial charge on any atom is -0.467 e. The van der Waals surface area contributed by atoms with Crippen molar-refractivity contribution in [3.8, 4) is 0 Å². The summed E-state index contributed by atoms with van der Waals surface area (Å²) in [6.07, 6.45) is 1.25. The summed E-state index contributed by atoms with van der Waals surface area (Å²) in [7, 11) is 1.26. The van der Waals surface area contributed by atoms with Gasteiger partial charge >= 0.3 is 24.2 Å². The maximum Gasteiger partial charge on any atom is 0.408 e. The van der Waals surface area contributed by atoms with Crippen LogP contribution in [-0.4, -0.2) is 91.4 Å². The van der Waals surface area contributed by atoms with E-state index in [1.54, 1.807) is 20.8 Å². The van der Waals surface area contributed by atoms with E-state index in [0.717, 1.165) is 11.1 Å². The first-order chi connectivity index (χ1) is 25.9. The molecule has 0 aliphatic carbocycles. The number of ether oxygens (including phenoxy) is 4. The molecule has 296 valence electrons. The lowest BCUT2D eigenvalue weighted by molar-refractivity contribution is -0.152. The first-order valence-electron chi connectivity index (χ1n) is 18.4. The SMILES string of the molecule is COC(=O)[C@@H]1CCCN1C(=O)[C@H](CCCCNC(=O)OCc1ccccc1)NC(=O)[C@H](CCCCNC(=O)OCc1ccccc1)NC(=O)OC(C)(C)C. The summed E-state index contributed by atoms with van der Waals surface area (Å²) >= 11 is 0. The molecule has 0 aromatic heterocycles. The van der Waals surface area contributed by atoms with Crippen LogP contribution in [0.1, 0.15) is 83.3 Å². The van der Waals surface area contributed by atoms with Crippen LogP contribution in [0.5, 0.6) is 0 Å². The van der Waals surface area contributed by atoms with Gasteiger partial charge < -0.3 is 45.1 Å². The van der Waals surface area contributed by atoms with Gasteiger partial charge in [-0.25, -0.2) is 19.2 Å². The molecule has 4 N–H and O–H groups in total. The van der Waals surface area contributed by atoms with Gasteiger partial charge in [-0.05, 0) is 83.3 Å². The number of amides is 5. The van der Waals surface area contributed by atoms with Crippen molar-refractivity contribution >= 4 is 36.1 Å². The molecule has 0 unspecified atom stereocenters.